The van der Waals surface area contributed by atoms with E-state index in [4.69, 9.17) is 10.4 Å². The molecular formula is C10H11NO. The van der Waals surface area contributed by atoms with Gasteiger partial charge in [0.05, 0.1) is 12.7 Å². The van der Waals surface area contributed by atoms with Crippen LogP contribution in [0.3, 0.4) is 0 Å². The quantitative estimate of drug-likeness (QED) is 0.732. The lowest BCUT2D eigenvalue weighted by Gasteiger charge is -1.99. The number of nitriles is 1. The van der Waals surface area contributed by atoms with Crippen LogP contribution >= 0.6 is 0 Å². The van der Waals surface area contributed by atoms with Crippen LogP contribution in [0.5, 0.6) is 0 Å². The van der Waals surface area contributed by atoms with Gasteiger partial charge >= 0.3 is 0 Å². The van der Waals surface area contributed by atoms with Gasteiger partial charge in [0.1, 0.15) is 0 Å². The Kier molecular flexibility index (Phi) is 3.31. The number of nitrogens with zero attached hydrogens (tertiary/aromatic N) is 1. The summed E-state index contributed by atoms with van der Waals surface area (Å²) in [5.41, 5.74) is 2.02. The molecule has 0 saturated carbocycles. The molecule has 62 valence electrons. The van der Waals surface area contributed by atoms with Gasteiger partial charge in [0, 0.05) is 6.42 Å². The maximum absolute atomic E-state index is 8.82. The molecule has 1 N–H and O–H groups in total. The van der Waals surface area contributed by atoms with Gasteiger partial charge in [-0.1, -0.05) is 24.3 Å². The minimum atomic E-state index is 0.0698. The molecule has 0 radical (unpaired) electrons. The van der Waals surface area contributed by atoms with E-state index in [0.29, 0.717) is 6.42 Å². The summed E-state index contributed by atoms with van der Waals surface area (Å²) in [7, 11) is 0. The maximum Gasteiger partial charge on any atom is 0.0681 e. The lowest BCUT2D eigenvalue weighted by Crippen LogP contribution is -1.87. The highest BCUT2D eigenvalue weighted by atomic mass is 16.3. The number of aliphatic hydroxyl groups is 1. The van der Waals surface area contributed by atoms with Crippen molar-refractivity contribution in [3.63, 3.8) is 0 Å². The first-order chi connectivity index (χ1) is 5.86. The highest BCUT2D eigenvalue weighted by molar-refractivity contribution is 5.23. The minimum Gasteiger partial charge on any atom is -0.392 e. The van der Waals surface area contributed by atoms with E-state index >= 15 is 0 Å². The second-order valence-corrected chi connectivity index (χ2v) is 2.64. The van der Waals surface area contributed by atoms with Crippen LogP contribution in [0.1, 0.15) is 17.5 Å². The van der Waals surface area contributed by atoms with Crippen molar-refractivity contribution in [1.82, 2.24) is 0 Å². The van der Waals surface area contributed by atoms with Gasteiger partial charge in [-0.3, -0.25) is 0 Å². The molecule has 0 aromatic heterocycles. The molecule has 0 fully saturated rings. The van der Waals surface area contributed by atoms with Crippen molar-refractivity contribution in [2.45, 2.75) is 19.4 Å². The highest BCUT2D eigenvalue weighted by Gasteiger charge is 1.93. The second kappa shape index (κ2) is 4.53. The predicted octanol–water partition coefficient (Wildman–Crippen LogP) is 1.64. The molecule has 0 atom stereocenters. The van der Waals surface area contributed by atoms with Crippen molar-refractivity contribution in [2.24, 2.45) is 0 Å². The van der Waals surface area contributed by atoms with Gasteiger partial charge in [-0.2, -0.15) is 5.26 Å². The fourth-order valence-electron chi connectivity index (χ4n) is 1.08. The SMILES string of the molecule is N#CCCc1cccc(CO)c1. The number of hydrogen-bond donors (Lipinski definition) is 1. The fraction of sp³-hybridized carbons (Fsp3) is 0.300. The van der Waals surface area contributed by atoms with Crippen LogP contribution in [0, 0.1) is 11.3 Å². The zero-order valence-corrected chi connectivity index (χ0v) is 6.83. The highest BCUT2D eigenvalue weighted by Crippen LogP contribution is 2.06. The van der Waals surface area contributed by atoms with Crippen molar-refractivity contribution in [3.8, 4) is 6.07 Å². The summed E-state index contributed by atoms with van der Waals surface area (Å²) in [5.74, 6) is 0. The van der Waals surface area contributed by atoms with E-state index in [-0.39, 0.29) is 6.61 Å². The van der Waals surface area contributed by atoms with E-state index in [1.165, 1.54) is 0 Å². The lowest BCUT2D eigenvalue weighted by atomic mass is 10.1. The maximum atomic E-state index is 8.82. The van der Waals surface area contributed by atoms with Crippen LogP contribution in [0.15, 0.2) is 24.3 Å². The summed E-state index contributed by atoms with van der Waals surface area (Å²) in [5, 5.41) is 17.2. The zero-order chi connectivity index (χ0) is 8.81. The Morgan fingerprint density at radius 1 is 1.33 bits per heavy atom. The standard InChI is InChI=1S/C10H11NO/c11-6-2-5-9-3-1-4-10(7-9)8-12/h1,3-4,7,12H,2,5,8H2. The van der Waals surface area contributed by atoms with Crippen LogP contribution in [-0.2, 0) is 13.0 Å². The molecular weight excluding hydrogens is 150 g/mol. The topological polar surface area (TPSA) is 44.0 Å². The van der Waals surface area contributed by atoms with Crippen LogP contribution in [-0.4, -0.2) is 5.11 Å². The van der Waals surface area contributed by atoms with Gasteiger partial charge in [0.15, 0.2) is 0 Å². The smallest absolute Gasteiger partial charge is 0.0681 e. The van der Waals surface area contributed by atoms with Crippen LogP contribution in [0.4, 0.5) is 0 Å². The van der Waals surface area contributed by atoms with Crippen LogP contribution in [0.2, 0.25) is 0 Å². The molecule has 2 nitrogen and oxygen atoms in total. The Morgan fingerprint density at radius 3 is 2.75 bits per heavy atom. The Hall–Kier alpha value is -1.33. The second-order valence-electron chi connectivity index (χ2n) is 2.64. The first-order valence-electron chi connectivity index (χ1n) is 3.92. The molecule has 0 spiro atoms. The molecule has 0 bridgehead atoms. The van der Waals surface area contributed by atoms with Gasteiger partial charge < -0.3 is 5.11 Å². The summed E-state index contributed by atoms with van der Waals surface area (Å²) < 4.78 is 0. The predicted molar refractivity (Wildman–Crippen MR) is 46.3 cm³/mol. The third-order valence-electron chi connectivity index (χ3n) is 1.70. The number of aryl methyl sites for hydroxylation is 1. The molecule has 0 amide bonds. The number of aliphatic hydroxyl groups excluding tert-OH is 1. The first kappa shape index (κ1) is 8.76. The van der Waals surface area contributed by atoms with Gasteiger partial charge in [-0.25, -0.2) is 0 Å². The molecule has 1 aromatic rings. The summed E-state index contributed by atoms with van der Waals surface area (Å²) in [4.78, 5) is 0. The molecule has 0 aliphatic carbocycles. The largest absolute Gasteiger partial charge is 0.392 e. The Labute approximate surface area is 72.1 Å². The average molecular weight is 161 g/mol. The molecule has 1 aromatic carbocycles. The van der Waals surface area contributed by atoms with E-state index in [0.717, 1.165) is 17.5 Å². The molecule has 2 heteroatoms. The molecule has 0 aliphatic rings. The fourth-order valence-corrected chi connectivity index (χ4v) is 1.08. The zero-order valence-electron chi connectivity index (χ0n) is 6.83. The Balaban J connectivity index is 2.67. The number of rotatable bonds is 3. The van der Waals surface area contributed by atoms with E-state index in [2.05, 4.69) is 6.07 Å². The molecule has 0 saturated heterocycles. The third kappa shape index (κ3) is 2.37. The molecule has 0 unspecified atom stereocenters. The monoisotopic (exact) mass is 161 g/mol. The number of hydrogen-bond acceptors (Lipinski definition) is 2. The summed E-state index contributed by atoms with van der Waals surface area (Å²) in [6, 6.07) is 9.76. The average Bonchev–Trinajstić information content (AvgIpc) is 2.15. The molecule has 1 rings (SSSR count). The Bertz CT molecular complexity index is 288. The van der Waals surface area contributed by atoms with Crippen molar-refractivity contribution in [1.29, 1.82) is 5.26 Å². The van der Waals surface area contributed by atoms with E-state index in [1.54, 1.807) is 0 Å². The van der Waals surface area contributed by atoms with Gasteiger partial charge in [0.25, 0.3) is 0 Å². The Morgan fingerprint density at radius 2 is 2.08 bits per heavy atom. The molecule has 0 heterocycles. The van der Waals surface area contributed by atoms with Crippen LogP contribution in [0.25, 0.3) is 0 Å². The van der Waals surface area contributed by atoms with Crippen molar-refractivity contribution in [3.05, 3.63) is 35.4 Å². The number of benzene rings is 1. The molecule has 0 aliphatic heterocycles. The first-order valence-corrected chi connectivity index (χ1v) is 3.92. The van der Waals surface area contributed by atoms with E-state index in [9.17, 15) is 0 Å². The van der Waals surface area contributed by atoms with Gasteiger partial charge in [-0.15, -0.1) is 0 Å². The van der Waals surface area contributed by atoms with Crippen LogP contribution < -0.4 is 0 Å². The van der Waals surface area contributed by atoms with Gasteiger partial charge in [0.2, 0.25) is 0 Å². The lowest BCUT2D eigenvalue weighted by molar-refractivity contribution is 0.281. The van der Waals surface area contributed by atoms with Crippen molar-refractivity contribution < 1.29 is 5.11 Å². The molecule has 12 heavy (non-hydrogen) atoms. The van der Waals surface area contributed by atoms with Crippen molar-refractivity contribution in [2.75, 3.05) is 0 Å². The van der Waals surface area contributed by atoms with E-state index in [1.807, 2.05) is 24.3 Å². The summed E-state index contributed by atoms with van der Waals surface area (Å²) in [6.07, 6.45) is 1.30. The van der Waals surface area contributed by atoms with E-state index < -0.39 is 0 Å². The van der Waals surface area contributed by atoms with Gasteiger partial charge in [-0.05, 0) is 17.5 Å². The third-order valence-corrected chi connectivity index (χ3v) is 1.70. The summed E-state index contributed by atoms with van der Waals surface area (Å²) in [6.45, 7) is 0.0698. The van der Waals surface area contributed by atoms with Crippen molar-refractivity contribution >= 4 is 0 Å². The normalized spacial score (nSPS) is 9.33. The minimum absolute atomic E-state index is 0.0698. The summed E-state index contributed by atoms with van der Waals surface area (Å²) >= 11 is 0.